The predicted octanol–water partition coefficient (Wildman–Crippen LogP) is 3.21. The third kappa shape index (κ3) is 4.02. The molecule has 1 fully saturated rings. The first-order valence-corrected chi connectivity index (χ1v) is 12.9. The van der Waals surface area contributed by atoms with Crippen molar-refractivity contribution in [2.24, 2.45) is 17.8 Å². The van der Waals surface area contributed by atoms with Crippen LogP contribution in [0, 0.1) is 17.8 Å². The van der Waals surface area contributed by atoms with E-state index in [1.165, 1.54) is 24.9 Å². The van der Waals surface area contributed by atoms with Crippen molar-refractivity contribution in [1.82, 2.24) is 10.9 Å². The molecule has 1 amide bonds. The monoisotopic (exact) mass is 540 g/mol. The van der Waals surface area contributed by atoms with E-state index in [0.717, 1.165) is 4.86 Å². The minimum Gasteiger partial charge on any atom is -0.511 e. The Labute approximate surface area is 221 Å². The normalized spacial score (nSPS) is 26.8. The number of aliphatic hydroxyl groups excluding tert-OH is 2. The minimum absolute atomic E-state index is 0.0436. The zero-order valence-corrected chi connectivity index (χ0v) is 21.5. The summed E-state index contributed by atoms with van der Waals surface area (Å²) in [5.41, 5.74) is 5.30. The smallest absolute Gasteiger partial charge is 0.276 e. The van der Waals surface area contributed by atoms with Crippen molar-refractivity contribution >= 4 is 52.1 Å². The maximum Gasteiger partial charge on any atom is 0.276 e. The number of hydrogen-bond donors (Lipinski definition) is 5. The number of carbonyl (C=O) groups is 3. The highest BCUT2D eigenvalue weighted by Crippen LogP contribution is 2.57. The Morgan fingerprint density at radius 1 is 1.19 bits per heavy atom. The number of ketones is 2. The summed E-state index contributed by atoms with van der Waals surface area (Å²) in [5.74, 6) is -4.89. The van der Waals surface area contributed by atoms with Crippen LogP contribution < -0.4 is 15.6 Å². The largest absolute Gasteiger partial charge is 0.511 e. The van der Waals surface area contributed by atoms with E-state index in [4.69, 9.17) is 17.0 Å². The molecular weight excluding hydrogens is 516 g/mol. The molecule has 192 valence electrons. The molecule has 5 rings (SSSR count). The van der Waals surface area contributed by atoms with Crippen LogP contribution in [0.2, 0.25) is 0 Å². The number of hydrazine groups is 1. The zero-order valence-electron chi connectivity index (χ0n) is 19.9. The van der Waals surface area contributed by atoms with Crippen LogP contribution in [0.4, 0.5) is 0 Å². The van der Waals surface area contributed by atoms with Crippen LogP contribution in [0.15, 0.2) is 57.9 Å². The molecule has 1 aromatic carbocycles. The van der Waals surface area contributed by atoms with Gasteiger partial charge in [-0.15, -0.1) is 11.8 Å². The lowest BCUT2D eigenvalue weighted by Crippen LogP contribution is -2.50. The van der Waals surface area contributed by atoms with Crippen LogP contribution in [0.25, 0.3) is 5.76 Å². The summed E-state index contributed by atoms with van der Waals surface area (Å²) in [6, 6.07) is 2.94. The fourth-order valence-electron chi connectivity index (χ4n) is 5.33. The summed E-state index contributed by atoms with van der Waals surface area (Å²) in [5, 5.41) is 32.2. The number of ether oxygens (including phenoxy) is 1. The number of fused-ring (bicyclic) bond motifs is 3. The average Bonchev–Trinajstić information content (AvgIpc) is 2.86. The van der Waals surface area contributed by atoms with Gasteiger partial charge in [-0.1, -0.05) is 25.2 Å². The summed E-state index contributed by atoms with van der Waals surface area (Å²) < 4.78 is 5.39. The Balaban J connectivity index is 1.51. The number of methoxy groups -OCH3 is 1. The van der Waals surface area contributed by atoms with Gasteiger partial charge in [-0.25, -0.2) is 0 Å². The number of thioether (sulfide) groups is 1. The van der Waals surface area contributed by atoms with Gasteiger partial charge in [0.15, 0.2) is 11.6 Å². The van der Waals surface area contributed by atoms with Crippen molar-refractivity contribution in [2.75, 3.05) is 7.11 Å². The molecule has 1 heterocycles. The van der Waals surface area contributed by atoms with E-state index in [-0.39, 0.29) is 29.2 Å². The van der Waals surface area contributed by atoms with Crippen LogP contribution in [0.1, 0.15) is 25.3 Å². The Morgan fingerprint density at radius 2 is 1.95 bits per heavy atom. The molecule has 3 aliphatic carbocycles. The summed E-state index contributed by atoms with van der Waals surface area (Å²) in [4.78, 5) is 40.9. The first kappa shape index (κ1) is 25.1. The molecule has 0 saturated heterocycles. The summed E-state index contributed by atoms with van der Waals surface area (Å²) in [6.07, 6.45) is 5.55. The standard InChI is InChI=1S/C26H24N2O7S2/c1-10-13-9-15(30)19(26(34)28-27-11-3-5-12(36)6-4-11)21(31)17(13)22(32)20-23(33)18-14(29)7-8-16(35-2)25(18)37-24(10)20/h3-5,7-8,10,13,17,24,27,29,31,33H,6,9H2,1-2H3,(H,28,34). The molecule has 4 atom stereocenters. The molecular formula is C26H24N2O7S2. The van der Waals surface area contributed by atoms with Gasteiger partial charge in [-0.2, -0.15) is 0 Å². The number of benzene rings is 1. The van der Waals surface area contributed by atoms with Crippen molar-refractivity contribution in [1.29, 1.82) is 0 Å². The highest BCUT2D eigenvalue weighted by atomic mass is 32.2. The van der Waals surface area contributed by atoms with Crippen LogP contribution in [0.3, 0.4) is 0 Å². The van der Waals surface area contributed by atoms with Crippen molar-refractivity contribution in [3.63, 3.8) is 0 Å². The third-order valence-electron chi connectivity index (χ3n) is 7.24. The molecule has 9 nitrogen and oxygen atoms in total. The molecule has 0 aromatic heterocycles. The molecule has 4 aliphatic rings. The lowest BCUT2D eigenvalue weighted by atomic mass is 9.63. The zero-order chi connectivity index (χ0) is 26.6. The predicted molar refractivity (Wildman–Crippen MR) is 140 cm³/mol. The number of Topliss-reactive ketones (excluding diaryl/α,β-unsaturated/α-hetero) is 2. The van der Waals surface area contributed by atoms with Gasteiger partial charge >= 0.3 is 0 Å². The molecule has 0 spiro atoms. The van der Waals surface area contributed by atoms with Crippen LogP contribution in [0.5, 0.6) is 11.5 Å². The second-order valence-electron chi connectivity index (χ2n) is 9.29. The number of nitrogens with one attached hydrogen (secondary N) is 2. The van der Waals surface area contributed by atoms with Gasteiger partial charge in [0.2, 0.25) is 0 Å². The van der Waals surface area contributed by atoms with E-state index in [2.05, 4.69) is 10.9 Å². The molecule has 11 heteroatoms. The van der Waals surface area contributed by atoms with Gasteiger partial charge in [0.05, 0.1) is 34.8 Å². The van der Waals surface area contributed by atoms with Gasteiger partial charge in [0.1, 0.15) is 28.6 Å². The molecule has 0 radical (unpaired) electrons. The Kier molecular flexibility index (Phi) is 6.36. The van der Waals surface area contributed by atoms with Crippen molar-refractivity contribution < 1.29 is 34.4 Å². The van der Waals surface area contributed by atoms with Crippen molar-refractivity contribution in [2.45, 2.75) is 29.9 Å². The highest BCUT2D eigenvalue weighted by Gasteiger charge is 2.54. The molecule has 1 aromatic rings. The third-order valence-corrected chi connectivity index (χ3v) is 9.10. The number of carbonyl (C=O) groups excluding carboxylic acids is 3. The first-order valence-electron chi connectivity index (χ1n) is 11.6. The number of allylic oxidation sites excluding steroid dienone is 4. The van der Waals surface area contributed by atoms with Gasteiger partial charge < -0.3 is 20.1 Å². The van der Waals surface area contributed by atoms with Crippen LogP contribution in [-0.2, 0) is 14.4 Å². The lowest BCUT2D eigenvalue weighted by molar-refractivity contribution is -0.128. The molecule has 1 saturated carbocycles. The molecule has 5 N–H and O–H groups in total. The van der Waals surface area contributed by atoms with Gasteiger partial charge in [-0.3, -0.25) is 25.2 Å². The summed E-state index contributed by atoms with van der Waals surface area (Å²) >= 11 is 6.35. The van der Waals surface area contributed by atoms with Gasteiger partial charge in [-0.05, 0) is 36.1 Å². The lowest BCUT2D eigenvalue weighted by Gasteiger charge is -2.45. The Morgan fingerprint density at radius 3 is 2.62 bits per heavy atom. The molecule has 37 heavy (non-hydrogen) atoms. The van der Waals surface area contributed by atoms with E-state index in [1.807, 2.05) is 6.92 Å². The highest BCUT2D eigenvalue weighted by molar-refractivity contribution is 8.00. The summed E-state index contributed by atoms with van der Waals surface area (Å²) in [6.45, 7) is 1.84. The van der Waals surface area contributed by atoms with Crippen molar-refractivity contribution in [3.05, 3.63) is 58.5 Å². The number of thiocarbonyl (C=S) groups is 1. The molecule has 4 unspecified atom stereocenters. The number of phenolic OH excluding ortho intramolecular Hbond substituents is 1. The summed E-state index contributed by atoms with van der Waals surface area (Å²) in [7, 11) is 1.47. The average molecular weight is 541 g/mol. The van der Waals surface area contributed by atoms with Gasteiger partial charge in [0, 0.05) is 23.0 Å². The number of aliphatic hydroxyl groups is 2. The van der Waals surface area contributed by atoms with E-state index >= 15 is 0 Å². The topological polar surface area (TPSA) is 145 Å². The van der Waals surface area contributed by atoms with E-state index < -0.39 is 51.7 Å². The second-order valence-corrected chi connectivity index (χ2v) is 11.0. The maximum atomic E-state index is 13.7. The first-order chi connectivity index (χ1) is 17.6. The Hall–Kier alpha value is -3.57. The van der Waals surface area contributed by atoms with E-state index in [1.54, 1.807) is 24.3 Å². The van der Waals surface area contributed by atoms with Crippen LogP contribution in [-0.4, -0.2) is 50.0 Å². The van der Waals surface area contributed by atoms with E-state index in [9.17, 15) is 29.7 Å². The number of phenols is 1. The minimum atomic E-state index is -1.18. The molecule has 0 bridgehead atoms. The SMILES string of the molecule is COc1ccc(O)c2c1SC1C(=C2O)C(=O)C2C(O)=C(C(=O)NNC3=CCC(=S)C=C3)C(=O)CC2C1C. The van der Waals surface area contributed by atoms with Gasteiger partial charge in [0.25, 0.3) is 5.91 Å². The van der Waals surface area contributed by atoms with E-state index in [0.29, 0.717) is 22.8 Å². The number of aromatic hydroxyl groups is 1. The number of hydrogen-bond acceptors (Lipinski definition) is 10. The molecule has 1 aliphatic heterocycles. The number of amides is 1. The Bertz CT molecular complexity index is 1390. The second kappa shape index (κ2) is 9.38. The number of rotatable bonds is 4. The maximum absolute atomic E-state index is 13.7. The fourth-order valence-corrected chi connectivity index (χ4v) is 7.09. The quantitative estimate of drug-likeness (QED) is 0.219. The van der Waals surface area contributed by atoms with Crippen LogP contribution >= 0.6 is 24.0 Å². The fraction of sp³-hybridized carbons (Fsp3) is 0.308. The van der Waals surface area contributed by atoms with Crippen molar-refractivity contribution in [3.8, 4) is 11.5 Å².